The van der Waals surface area contributed by atoms with Gasteiger partial charge in [0.05, 0.1) is 0 Å². The minimum atomic E-state index is -1.43. The summed E-state index contributed by atoms with van der Waals surface area (Å²) in [5.41, 5.74) is 6.08. The van der Waals surface area contributed by atoms with E-state index < -0.39 is 17.5 Å². The van der Waals surface area contributed by atoms with Gasteiger partial charge in [-0.15, -0.1) is 0 Å². The van der Waals surface area contributed by atoms with Crippen LogP contribution in [0.25, 0.3) is 22.3 Å². The van der Waals surface area contributed by atoms with Crippen molar-refractivity contribution in [2.45, 2.75) is 39.0 Å². The molecule has 1 unspecified atom stereocenters. The predicted octanol–water partition coefficient (Wildman–Crippen LogP) is 7.34. The smallest absolute Gasteiger partial charge is 0.194 e. The molecule has 4 rings (SSSR count). The normalized spacial score (nSPS) is 16.1. The van der Waals surface area contributed by atoms with Gasteiger partial charge in [-0.1, -0.05) is 62.2 Å². The quantitative estimate of drug-likeness (QED) is 0.415. The van der Waals surface area contributed by atoms with Crippen LogP contribution in [0.3, 0.4) is 0 Å². The van der Waals surface area contributed by atoms with Gasteiger partial charge in [0, 0.05) is 0 Å². The van der Waals surface area contributed by atoms with Crippen molar-refractivity contribution in [3.05, 3.63) is 83.2 Å². The van der Waals surface area contributed by atoms with Crippen molar-refractivity contribution < 1.29 is 13.2 Å². The Labute approximate surface area is 164 Å². The van der Waals surface area contributed by atoms with E-state index >= 15 is 0 Å². The van der Waals surface area contributed by atoms with Crippen LogP contribution in [0.2, 0.25) is 0 Å². The second-order valence-electron chi connectivity index (χ2n) is 7.71. The highest BCUT2D eigenvalue weighted by molar-refractivity contribution is 5.71. The SMILES string of the molecule is CCCC1CCc2cc(-c3ccc(-c4cc(F)c(F)c(F)c4)cc3)ccc2C1. The molecule has 0 radical (unpaired) electrons. The summed E-state index contributed by atoms with van der Waals surface area (Å²) >= 11 is 0. The molecule has 0 aliphatic heterocycles. The van der Waals surface area contributed by atoms with E-state index in [-0.39, 0.29) is 0 Å². The van der Waals surface area contributed by atoms with Crippen LogP contribution in [0.15, 0.2) is 54.6 Å². The average molecular weight is 380 g/mol. The third-order valence-corrected chi connectivity index (χ3v) is 5.77. The fourth-order valence-electron chi connectivity index (χ4n) is 4.24. The highest BCUT2D eigenvalue weighted by atomic mass is 19.2. The van der Waals surface area contributed by atoms with Crippen molar-refractivity contribution in [1.29, 1.82) is 0 Å². The highest BCUT2D eigenvalue weighted by Crippen LogP contribution is 2.32. The van der Waals surface area contributed by atoms with E-state index in [4.69, 9.17) is 0 Å². The van der Waals surface area contributed by atoms with Gasteiger partial charge in [0.1, 0.15) is 0 Å². The van der Waals surface area contributed by atoms with Gasteiger partial charge in [-0.25, -0.2) is 13.2 Å². The fraction of sp³-hybridized carbons (Fsp3) is 0.280. The van der Waals surface area contributed by atoms with E-state index in [2.05, 4.69) is 25.1 Å². The van der Waals surface area contributed by atoms with Gasteiger partial charge < -0.3 is 0 Å². The molecule has 28 heavy (non-hydrogen) atoms. The molecule has 0 aromatic heterocycles. The first-order valence-electron chi connectivity index (χ1n) is 9.92. The lowest BCUT2D eigenvalue weighted by molar-refractivity contribution is 0.423. The maximum Gasteiger partial charge on any atom is 0.194 e. The van der Waals surface area contributed by atoms with Crippen LogP contribution in [0.4, 0.5) is 13.2 Å². The van der Waals surface area contributed by atoms with Crippen molar-refractivity contribution in [2.24, 2.45) is 5.92 Å². The molecule has 0 N–H and O–H groups in total. The largest absolute Gasteiger partial charge is 0.204 e. The Kier molecular flexibility index (Phi) is 5.25. The molecule has 3 aromatic rings. The zero-order valence-electron chi connectivity index (χ0n) is 15.9. The predicted molar refractivity (Wildman–Crippen MR) is 108 cm³/mol. The molecule has 3 heteroatoms. The van der Waals surface area contributed by atoms with Gasteiger partial charge in [-0.2, -0.15) is 0 Å². The Morgan fingerprint density at radius 2 is 1.36 bits per heavy atom. The third-order valence-electron chi connectivity index (χ3n) is 5.77. The van der Waals surface area contributed by atoms with Crippen molar-refractivity contribution in [3.8, 4) is 22.3 Å². The fourth-order valence-corrected chi connectivity index (χ4v) is 4.24. The van der Waals surface area contributed by atoms with E-state index in [0.717, 1.165) is 35.6 Å². The minimum absolute atomic E-state index is 0.329. The van der Waals surface area contributed by atoms with Crippen molar-refractivity contribution in [1.82, 2.24) is 0 Å². The number of benzene rings is 3. The van der Waals surface area contributed by atoms with Gasteiger partial charge in [-0.05, 0) is 70.7 Å². The maximum atomic E-state index is 13.5. The third kappa shape index (κ3) is 3.71. The molecular formula is C25H23F3. The Morgan fingerprint density at radius 3 is 2.00 bits per heavy atom. The standard InChI is InChI=1S/C25H23F3/c1-2-3-16-4-5-21-13-20(11-10-19(21)12-16)17-6-8-18(9-7-17)22-14-23(26)25(28)24(27)15-22/h6-11,13-16H,2-5,12H2,1H3. The molecular weight excluding hydrogens is 357 g/mol. The number of fused-ring (bicyclic) bond motifs is 1. The van der Waals surface area contributed by atoms with Gasteiger partial charge >= 0.3 is 0 Å². The van der Waals surface area contributed by atoms with Gasteiger partial charge in [0.15, 0.2) is 17.5 Å². The summed E-state index contributed by atoms with van der Waals surface area (Å²) in [5.74, 6) is -2.97. The van der Waals surface area contributed by atoms with Crippen molar-refractivity contribution in [2.75, 3.05) is 0 Å². The molecule has 0 bridgehead atoms. The molecule has 0 saturated carbocycles. The summed E-state index contributed by atoms with van der Waals surface area (Å²) in [7, 11) is 0. The Balaban J connectivity index is 1.58. The lowest BCUT2D eigenvalue weighted by Gasteiger charge is -2.25. The van der Waals surface area contributed by atoms with Crippen molar-refractivity contribution >= 4 is 0 Å². The van der Waals surface area contributed by atoms with E-state index in [9.17, 15) is 13.2 Å². The lowest BCUT2D eigenvalue weighted by atomic mass is 9.81. The monoisotopic (exact) mass is 380 g/mol. The summed E-state index contributed by atoms with van der Waals surface area (Å²) in [6, 6.07) is 16.2. The van der Waals surface area contributed by atoms with Crippen LogP contribution in [-0.4, -0.2) is 0 Å². The van der Waals surface area contributed by atoms with Gasteiger partial charge in [0.2, 0.25) is 0 Å². The Hall–Kier alpha value is -2.55. The van der Waals surface area contributed by atoms with Gasteiger partial charge in [-0.3, -0.25) is 0 Å². The van der Waals surface area contributed by atoms with Crippen LogP contribution in [0, 0.1) is 23.4 Å². The van der Waals surface area contributed by atoms with Crippen LogP contribution >= 0.6 is 0 Å². The van der Waals surface area contributed by atoms with E-state index in [1.165, 1.54) is 36.8 Å². The summed E-state index contributed by atoms with van der Waals surface area (Å²) in [5, 5.41) is 0. The molecule has 0 fully saturated rings. The second-order valence-corrected chi connectivity index (χ2v) is 7.71. The summed E-state index contributed by atoms with van der Waals surface area (Å²) in [6.07, 6.45) is 6.09. The minimum Gasteiger partial charge on any atom is -0.204 e. The number of hydrogen-bond donors (Lipinski definition) is 0. The van der Waals surface area contributed by atoms with Crippen molar-refractivity contribution in [3.63, 3.8) is 0 Å². The molecule has 144 valence electrons. The Morgan fingerprint density at radius 1 is 0.750 bits per heavy atom. The van der Waals surface area contributed by atoms with E-state index in [1.54, 1.807) is 0 Å². The summed E-state index contributed by atoms with van der Waals surface area (Å²) in [4.78, 5) is 0. The number of rotatable bonds is 4. The molecule has 0 heterocycles. The first-order valence-corrected chi connectivity index (χ1v) is 9.92. The number of hydrogen-bond acceptors (Lipinski definition) is 0. The summed E-state index contributed by atoms with van der Waals surface area (Å²) < 4.78 is 40.1. The molecule has 0 saturated heterocycles. The molecule has 0 nitrogen and oxygen atoms in total. The Bertz CT molecular complexity index is 966. The number of halogens is 3. The summed E-state index contributed by atoms with van der Waals surface area (Å²) in [6.45, 7) is 2.25. The first kappa shape index (κ1) is 18.8. The van der Waals surface area contributed by atoms with E-state index in [1.807, 2.05) is 24.3 Å². The second kappa shape index (κ2) is 7.83. The number of aryl methyl sites for hydroxylation is 1. The molecule has 1 aliphatic rings. The van der Waals surface area contributed by atoms with Crippen LogP contribution in [-0.2, 0) is 12.8 Å². The zero-order chi connectivity index (χ0) is 19.7. The molecule has 3 aromatic carbocycles. The first-order chi connectivity index (χ1) is 13.5. The van der Waals surface area contributed by atoms with Crippen LogP contribution < -0.4 is 0 Å². The average Bonchev–Trinajstić information content (AvgIpc) is 2.71. The molecule has 1 atom stereocenters. The van der Waals surface area contributed by atoms with Crippen LogP contribution in [0.1, 0.15) is 37.3 Å². The zero-order valence-corrected chi connectivity index (χ0v) is 15.9. The lowest BCUT2D eigenvalue weighted by Crippen LogP contribution is -2.14. The molecule has 0 amide bonds. The molecule has 0 spiro atoms. The van der Waals surface area contributed by atoms with Crippen LogP contribution in [0.5, 0.6) is 0 Å². The topological polar surface area (TPSA) is 0 Å². The highest BCUT2D eigenvalue weighted by Gasteiger charge is 2.18. The van der Waals surface area contributed by atoms with Gasteiger partial charge in [0.25, 0.3) is 0 Å². The van der Waals surface area contributed by atoms with E-state index in [0.29, 0.717) is 11.1 Å². The molecule has 1 aliphatic carbocycles. The maximum absolute atomic E-state index is 13.5.